The van der Waals surface area contributed by atoms with Crippen molar-refractivity contribution in [2.75, 3.05) is 18.9 Å². The maximum Gasteiger partial charge on any atom is 0.416 e. The molecule has 2 aliphatic rings. The standard InChI is InChI=1S/C18H20F3N3O3/c1-23-16(27)24(15(26)17(23)9-3-2-4-10-17)11-14(25)22-13-7-5-12(6-8-13)18(19,20)21/h5-8H,2-4,9-11H2,1H3,(H,22,25). The molecule has 1 spiro atoms. The van der Waals surface area contributed by atoms with Gasteiger partial charge in [0.05, 0.1) is 5.56 Å². The predicted molar refractivity (Wildman–Crippen MR) is 90.8 cm³/mol. The molecular weight excluding hydrogens is 363 g/mol. The minimum absolute atomic E-state index is 0.160. The molecule has 27 heavy (non-hydrogen) atoms. The molecule has 0 unspecified atom stereocenters. The zero-order valence-electron chi connectivity index (χ0n) is 14.8. The molecule has 2 fully saturated rings. The van der Waals surface area contributed by atoms with E-state index in [0.717, 1.165) is 48.4 Å². The van der Waals surface area contributed by atoms with E-state index >= 15 is 0 Å². The summed E-state index contributed by atoms with van der Waals surface area (Å²) in [6.07, 6.45) is -0.624. The maximum atomic E-state index is 12.8. The van der Waals surface area contributed by atoms with Crippen molar-refractivity contribution >= 4 is 23.5 Å². The number of rotatable bonds is 3. The highest BCUT2D eigenvalue weighted by Crippen LogP contribution is 2.39. The fourth-order valence-electron chi connectivity index (χ4n) is 3.76. The van der Waals surface area contributed by atoms with E-state index in [2.05, 4.69) is 5.32 Å². The van der Waals surface area contributed by atoms with Crippen molar-refractivity contribution in [3.63, 3.8) is 0 Å². The summed E-state index contributed by atoms with van der Waals surface area (Å²) in [4.78, 5) is 39.8. The average molecular weight is 383 g/mol. The molecule has 0 aromatic heterocycles. The number of alkyl halides is 3. The van der Waals surface area contributed by atoms with Crippen LogP contribution in [0.2, 0.25) is 0 Å². The first-order chi connectivity index (χ1) is 12.6. The smallest absolute Gasteiger partial charge is 0.325 e. The second kappa shape index (κ2) is 6.86. The van der Waals surface area contributed by atoms with Crippen LogP contribution in [-0.2, 0) is 15.8 Å². The Bertz CT molecular complexity index is 755. The van der Waals surface area contributed by atoms with E-state index in [4.69, 9.17) is 0 Å². The lowest BCUT2D eigenvalue weighted by molar-refractivity contribution is -0.137. The number of hydrogen-bond acceptors (Lipinski definition) is 3. The summed E-state index contributed by atoms with van der Waals surface area (Å²) in [6.45, 7) is -0.467. The van der Waals surface area contributed by atoms with Gasteiger partial charge in [0.1, 0.15) is 12.1 Å². The molecule has 0 atom stereocenters. The van der Waals surface area contributed by atoms with Crippen LogP contribution in [0.5, 0.6) is 0 Å². The first-order valence-corrected chi connectivity index (χ1v) is 8.72. The van der Waals surface area contributed by atoms with Crippen LogP contribution >= 0.6 is 0 Å². The van der Waals surface area contributed by atoms with Crippen molar-refractivity contribution in [3.05, 3.63) is 29.8 Å². The van der Waals surface area contributed by atoms with Gasteiger partial charge in [-0.3, -0.25) is 14.5 Å². The number of benzene rings is 1. The van der Waals surface area contributed by atoms with Crippen molar-refractivity contribution in [2.45, 2.75) is 43.8 Å². The zero-order chi connectivity index (χ0) is 19.8. The molecule has 1 heterocycles. The first-order valence-electron chi connectivity index (χ1n) is 8.72. The van der Waals surface area contributed by atoms with Gasteiger partial charge >= 0.3 is 12.2 Å². The van der Waals surface area contributed by atoms with Gasteiger partial charge in [-0.15, -0.1) is 0 Å². The van der Waals surface area contributed by atoms with Gasteiger partial charge in [0.25, 0.3) is 5.91 Å². The molecular formula is C18H20F3N3O3. The molecule has 4 amide bonds. The highest BCUT2D eigenvalue weighted by atomic mass is 19.4. The molecule has 3 rings (SSSR count). The van der Waals surface area contributed by atoms with Crippen LogP contribution < -0.4 is 5.32 Å². The summed E-state index contributed by atoms with van der Waals surface area (Å²) in [5.41, 5.74) is -1.54. The second-order valence-electron chi connectivity index (χ2n) is 6.95. The monoisotopic (exact) mass is 383 g/mol. The Balaban J connectivity index is 1.67. The lowest BCUT2D eigenvalue weighted by Gasteiger charge is -2.35. The number of urea groups is 1. The fourth-order valence-corrected chi connectivity index (χ4v) is 3.76. The molecule has 1 N–H and O–H groups in total. The summed E-state index contributed by atoms with van der Waals surface area (Å²) < 4.78 is 37.7. The molecule has 0 radical (unpaired) electrons. The SMILES string of the molecule is CN1C(=O)N(CC(=O)Nc2ccc(C(F)(F)F)cc2)C(=O)C12CCCCC2. The van der Waals surface area contributed by atoms with E-state index in [1.165, 1.54) is 4.90 Å². The summed E-state index contributed by atoms with van der Waals surface area (Å²) in [5.74, 6) is -1.02. The number of carbonyl (C=O) groups excluding carboxylic acids is 3. The molecule has 1 aromatic rings. The lowest BCUT2D eigenvalue weighted by Crippen LogP contribution is -2.49. The fraction of sp³-hybridized carbons (Fsp3) is 0.500. The van der Waals surface area contributed by atoms with Crippen LogP contribution in [0.15, 0.2) is 24.3 Å². The summed E-state index contributed by atoms with van der Waals surface area (Å²) in [5, 5.41) is 2.42. The molecule has 1 saturated heterocycles. The highest BCUT2D eigenvalue weighted by Gasteiger charge is 2.55. The van der Waals surface area contributed by atoms with E-state index in [9.17, 15) is 27.6 Å². The van der Waals surface area contributed by atoms with Crippen LogP contribution in [0.4, 0.5) is 23.7 Å². The molecule has 1 aliphatic carbocycles. The van der Waals surface area contributed by atoms with Gasteiger partial charge in [0.2, 0.25) is 5.91 Å². The summed E-state index contributed by atoms with van der Waals surface area (Å²) in [6, 6.07) is 3.44. The lowest BCUT2D eigenvalue weighted by atomic mass is 9.81. The molecule has 0 bridgehead atoms. The highest BCUT2D eigenvalue weighted by molar-refractivity contribution is 6.10. The number of likely N-dealkylation sites (N-methyl/N-ethyl adjacent to an activating group) is 1. The van der Waals surface area contributed by atoms with Crippen LogP contribution in [0.3, 0.4) is 0 Å². The maximum absolute atomic E-state index is 12.8. The molecule has 6 nitrogen and oxygen atoms in total. The Kier molecular flexibility index (Phi) is 4.88. The normalized spacial score (nSPS) is 19.7. The third-order valence-corrected chi connectivity index (χ3v) is 5.28. The van der Waals surface area contributed by atoms with E-state index in [0.29, 0.717) is 12.8 Å². The third-order valence-electron chi connectivity index (χ3n) is 5.28. The zero-order valence-corrected chi connectivity index (χ0v) is 14.8. The van der Waals surface area contributed by atoms with Crippen LogP contribution in [-0.4, -0.2) is 46.8 Å². The number of amides is 4. The minimum atomic E-state index is -4.46. The molecule has 1 aromatic carbocycles. The van der Waals surface area contributed by atoms with Gasteiger partial charge in [-0.05, 0) is 37.1 Å². The number of nitrogens with one attached hydrogen (secondary N) is 1. The van der Waals surface area contributed by atoms with Crippen LogP contribution in [0.25, 0.3) is 0 Å². The van der Waals surface area contributed by atoms with E-state index in [-0.39, 0.29) is 11.6 Å². The Morgan fingerprint density at radius 2 is 1.70 bits per heavy atom. The quantitative estimate of drug-likeness (QED) is 0.815. The molecule has 146 valence electrons. The number of nitrogens with zero attached hydrogens (tertiary/aromatic N) is 2. The minimum Gasteiger partial charge on any atom is -0.325 e. The summed E-state index contributed by atoms with van der Waals surface area (Å²) in [7, 11) is 1.57. The van der Waals surface area contributed by atoms with Crippen molar-refractivity contribution in [2.24, 2.45) is 0 Å². The number of carbonyl (C=O) groups is 3. The van der Waals surface area contributed by atoms with Gasteiger partial charge in [0.15, 0.2) is 0 Å². The van der Waals surface area contributed by atoms with Crippen LogP contribution in [0, 0.1) is 0 Å². The van der Waals surface area contributed by atoms with Gasteiger partial charge in [0, 0.05) is 12.7 Å². The molecule has 1 aliphatic heterocycles. The van der Waals surface area contributed by atoms with Gasteiger partial charge in [-0.25, -0.2) is 4.79 Å². The van der Waals surface area contributed by atoms with E-state index in [1.54, 1.807) is 7.05 Å². The topological polar surface area (TPSA) is 69.7 Å². The largest absolute Gasteiger partial charge is 0.416 e. The molecule has 9 heteroatoms. The van der Waals surface area contributed by atoms with Crippen molar-refractivity contribution < 1.29 is 27.6 Å². The first kappa shape index (κ1) is 19.2. The average Bonchev–Trinajstić information content (AvgIpc) is 2.78. The van der Waals surface area contributed by atoms with Crippen molar-refractivity contribution in [1.29, 1.82) is 0 Å². The van der Waals surface area contributed by atoms with Crippen LogP contribution in [0.1, 0.15) is 37.7 Å². The number of hydrogen-bond donors (Lipinski definition) is 1. The Labute approximate surface area is 154 Å². The Morgan fingerprint density at radius 1 is 1.11 bits per heavy atom. The Morgan fingerprint density at radius 3 is 2.26 bits per heavy atom. The third kappa shape index (κ3) is 3.50. The van der Waals surface area contributed by atoms with Crippen molar-refractivity contribution in [3.8, 4) is 0 Å². The van der Waals surface area contributed by atoms with E-state index < -0.39 is 35.8 Å². The summed E-state index contributed by atoms with van der Waals surface area (Å²) >= 11 is 0. The van der Waals surface area contributed by atoms with Gasteiger partial charge < -0.3 is 10.2 Å². The van der Waals surface area contributed by atoms with E-state index in [1.807, 2.05) is 0 Å². The predicted octanol–water partition coefficient (Wildman–Crippen LogP) is 3.24. The number of halogens is 3. The Hall–Kier alpha value is -2.58. The number of imide groups is 1. The van der Waals surface area contributed by atoms with Crippen molar-refractivity contribution in [1.82, 2.24) is 9.80 Å². The molecule has 1 saturated carbocycles. The number of anilines is 1. The van der Waals surface area contributed by atoms with Gasteiger partial charge in [-0.1, -0.05) is 19.3 Å². The van der Waals surface area contributed by atoms with Gasteiger partial charge in [-0.2, -0.15) is 13.2 Å². The second-order valence-corrected chi connectivity index (χ2v) is 6.95.